The minimum absolute atomic E-state index is 0.258. The number of hydrogen-bond acceptors (Lipinski definition) is 3. The lowest BCUT2D eigenvalue weighted by Crippen LogP contribution is -2.26. The number of rotatable bonds is 6. The van der Waals surface area contributed by atoms with Crippen LogP contribution >= 0.6 is 0 Å². The standard InChI is InChI=1S/C13H19N3O/c1-3-7-14-12(10-11-5-4-9-17-11)13-6-8-15-16(13)2/h4-6,8-9,12,14H,3,7,10H2,1-2H3. The molecule has 1 unspecified atom stereocenters. The van der Waals surface area contributed by atoms with Crippen LogP contribution in [0.5, 0.6) is 0 Å². The van der Waals surface area contributed by atoms with Gasteiger partial charge >= 0.3 is 0 Å². The molecule has 1 N–H and O–H groups in total. The first-order chi connectivity index (χ1) is 8.31. The third-order valence-corrected chi connectivity index (χ3v) is 2.84. The van der Waals surface area contributed by atoms with E-state index in [0.29, 0.717) is 0 Å². The SMILES string of the molecule is CCCNC(Cc1ccco1)c1ccnn1C. The van der Waals surface area contributed by atoms with Crippen molar-refractivity contribution in [2.75, 3.05) is 6.54 Å². The van der Waals surface area contributed by atoms with Crippen LogP contribution < -0.4 is 5.32 Å². The molecule has 0 saturated carbocycles. The smallest absolute Gasteiger partial charge is 0.105 e. The van der Waals surface area contributed by atoms with E-state index in [2.05, 4.69) is 23.4 Å². The summed E-state index contributed by atoms with van der Waals surface area (Å²) in [5.74, 6) is 1.000. The van der Waals surface area contributed by atoms with Gasteiger partial charge in [-0.05, 0) is 31.2 Å². The zero-order valence-electron chi connectivity index (χ0n) is 10.4. The molecule has 0 aliphatic carbocycles. The van der Waals surface area contributed by atoms with Gasteiger partial charge in [0, 0.05) is 19.7 Å². The average molecular weight is 233 g/mol. The maximum absolute atomic E-state index is 5.41. The van der Waals surface area contributed by atoms with Crippen molar-refractivity contribution in [1.82, 2.24) is 15.1 Å². The first kappa shape index (κ1) is 11.9. The van der Waals surface area contributed by atoms with Crippen molar-refractivity contribution < 1.29 is 4.42 Å². The Hall–Kier alpha value is -1.55. The molecule has 1 atom stereocenters. The molecular formula is C13H19N3O. The highest BCUT2D eigenvalue weighted by Crippen LogP contribution is 2.18. The second-order valence-electron chi connectivity index (χ2n) is 4.17. The fourth-order valence-electron chi connectivity index (χ4n) is 1.96. The molecule has 0 radical (unpaired) electrons. The van der Waals surface area contributed by atoms with Gasteiger partial charge in [-0.1, -0.05) is 6.92 Å². The second-order valence-corrected chi connectivity index (χ2v) is 4.17. The topological polar surface area (TPSA) is 43.0 Å². The van der Waals surface area contributed by atoms with Gasteiger partial charge in [-0.15, -0.1) is 0 Å². The predicted octanol–water partition coefficient (Wildman–Crippen LogP) is 2.30. The highest BCUT2D eigenvalue weighted by Gasteiger charge is 2.15. The summed E-state index contributed by atoms with van der Waals surface area (Å²) in [6.07, 6.45) is 5.52. The Morgan fingerprint density at radius 3 is 2.94 bits per heavy atom. The summed E-state index contributed by atoms with van der Waals surface area (Å²) in [5, 5.41) is 7.75. The van der Waals surface area contributed by atoms with Crippen LogP contribution in [-0.4, -0.2) is 16.3 Å². The van der Waals surface area contributed by atoms with Gasteiger partial charge < -0.3 is 9.73 Å². The lowest BCUT2D eigenvalue weighted by Gasteiger charge is -2.17. The maximum atomic E-state index is 5.41. The second kappa shape index (κ2) is 5.68. The summed E-state index contributed by atoms with van der Waals surface area (Å²) >= 11 is 0. The van der Waals surface area contributed by atoms with Crippen molar-refractivity contribution in [3.8, 4) is 0 Å². The van der Waals surface area contributed by atoms with Crippen LogP contribution in [0.2, 0.25) is 0 Å². The van der Waals surface area contributed by atoms with Gasteiger partial charge in [-0.3, -0.25) is 4.68 Å². The number of hydrogen-bond donors (Lipinski definition) is 1. The first-order valence-corrected chi connectivity index (χ1v) is 6.05. The highest BCUT2D eigenvalue weighted by molar-refractivity contribution is 5.11. The van der Waals surface area contributed by atoms with Crippen LogP contribution in [0, 0.1) is 0 Å². The van der Waals surface area contributed by atoms with E-state index in [1.165, 1.54) is 5.69 Å². The Morgan fingerprint density at radius 2 is 2.35 bits per heavy atom. The van der Waals surface area contributed by atoms with E-state index in [1.807, 2.05) is 30.1 Å². The molecule has 0 bridgehead atoms. The molecular weight excluding hydrogens is 214 g/mol. The Morgan fingerprint density at radius 1 is 1.47 bits per heavy atom. The monoisotopic (exact) mass is 233 g/mol. The molecule has 2 rings (SSSR count). The first-order valence-electron chi connectivity index (χ1n) is 6.05. The van der Waals surface area contributed by atoms with Crippen molar-refractivity contribution in [2.24, 2.45) is 7.05 Å². The summed E-state index contributed by atoms with van der Waals surface area (Å²) in [5.41, 5.74) is 1.19. The van der Waals surface area contributed by atoms with Crippen molar-refractivity contribution in [3.63, 3.8) is 0 Å². The number of aryl methyl sites for hydroxylation is 1. The lowest BCUT2D eigenvalue weighted by molar-refractivity contribution is 0.433. The minimum Gasteiger partial charge on any atom is -0.469 e. The van der Waals surface area contributed by atoms with Crippen molar-refractivity contribution in [1.29, 1.82) is 0 Å². The third kappa shape index (κ3) is 2.97. The van der Waals surface area contributed by atoms with E-state index in [4.69, 9.17) is 4.42 Å². The van der Waals surface area contributed by atoms with Gasteiger partial charge in [-0.2, -0.15) is 5.10 Å². The van der Waals surface area contributed by atoms with E-state index in [-0.39, 0.29) is 6.04 Å². The third-order valence-electron chi connectivity index (χ3n) is 2.84. The molecule has 0 aromatic carbocycles. The Kier molecular flexibility index (Phi) is 3.98. The summed E-state index contributed by atoms with van der Waals surface area (Å²) in [6.45, 7) is 3.16. The molecule has 0 saturated heterocycles. The lowest BCUT2D eigenvalue weighted by atomic mass is 10.1. The van der Waals surface area contributed by atoms with Gasteiger partial charge in [0.25, 0.3) is 0 Å². The Labute approximate surface area is 102 Å². The molecule has 0 aliphatic heterocycles. The van der Waals surface area contributed by atoms with Crippen molar-refractivity contribution >= 4 is 0 Å². The van der Waals surface area contributed by atoms with Crippen LogP contribution in [-0.2, 0) is 13.5 Å². The molecule has 0 fully saturated rings. The van der Waals surface area contributed by atoms with Gasteiger partial charge in [0.2, 0.25) is 0 Å². The van der Waals surface area contributed by atoms with Gasteiger partial charge in [0.15, 0.2) is 0 Å². The van der Waals surface area contributed by atoms with E-state index >= 15 is 0 Å². The van der Waals surface area contributed by atoms with Crippen LogP contribution in [0.3, 0.4) is 0 Å². The highest BCUT2D eigenvalue weighted by atomic mass is 16.3. The van der Waals surface area contributed by atoms with Gasteiger partial charge in [-0.25, -0.2) is 0 Å². The summed E-state index contributed by atoms with van der Waals surface area (Å²) in [4.78, 5) is 0. The normalized spacial score (nSPS) is 12.8. The Balaban J connectivity index is 2.11. The molecule has 0 amide bonds. The molecule has 2 aromatic rings. The predicted molar refractivity (Wildman–Crippen MR) is 66.7 cm³/mol. The van der Waals surface area contributed by atoms with E-state index in [1.54, 1.807) is 6.26 Å². The number of nitrogens with one attached hydrogen (secondary N) is 1. The molecule has 92 valence electrons. The van der Waals surface area contributed by atoms with E-state index < -0.39 is 0 Å². The molecule has 0 aliphatic rings. The quantitative estimate of drug-likeness (QED) is 0.832. The van der Waals surface area contributed by atoms with E-state index in [0.717, 1.165) is 25.1 Å². The van der Waals surface area contributed by atoms with Crippen LogP contribution in [0.4, 0.5) is 0 Å². The largest absolute Gasteiger partial charge is 0.469 e. The van der Waals surface area contributed by atoms with Crippen LogP contribution in [0.25, 0.3) is 0 Å². The number of furan rings is 1. The molecule has 4 heteroatoms. The number of aromatic nitrogens is 2. The fourth-order valence-corrected chi connectivity index (χ4v) is 1.96. The van der Waals surface area contributed by atoms with Crippen LogP contribution in [0.15, 0.2) is 35.1 Å². The van der Waals surface area contributed by atoms with Crippen LogP contribution in [0.1, 0.15) is 30.8 Å². The molecule has 2 heterocycles. The Bertz CT molecular complexity index is 433. The molecule has 4 nitrogen and oxygen atoms in total. The van der Waals surface area contributed by atoms with Crippen molar-refractivity contribution in [2.45, 2.75) is 25.8 Å². The minimum atomic E-state index is 0.258. The van der Waals surface area contributed by atoms with Crippen molar-refractivity contribution in [3.05, 3.63) is 42.1 Å². The fraction of sp³-hybridized carbons (Fsp3) is 0.462. The maximum Gasteiger partial charge on any atom is 0.105 e. The summed E-state index contributed by atoms with van der Waals surface area (Å²) in [7, 11) is 1.97. The number of nitrogens with zero attached hydrogens (tertiary/aromatic N) is 2. The van der Waals surface area contributed by atoms with E-state index in [9.17, 15) is 0 Å². The average Bonchev–Trinajstić information content (AvgIpc) is 2.95. The van der Waals surface area contributed by atoms with Gasteiger partial charge in [0.1, 0.15) is 5.76 Å². The summed E-state index contributed by atoms with van der Waals surface area (Å²) < 4.78 is 7.33. The van der Waals surface area contributed by atoms with Gasteiger partial charge in [0.05, 0.1) is 18.0 Å². The molecule has 17 heavy (non-hydrogen) atoms. The molecule has 0 spiro atoms. The zero-order chi connectivity index (χ0) is 12.1. The molecule has 2 aromatic heterocycles. The zero-order valence-corrected chi connectivity index (χ0v) is 10.4. The summed E-state index contributed by atoms with van der Waals surface area (Å²) in [6, 6.07) is 6.25.